The van der Waals surface area contributed by atoms with Crippen LogP contribution in [0.4, 0.5) is 0 Å². The molecule has 2 aromatic rings. The summed E-state index contributed by atoms with van der Waals surface area (Å²) in [5.41, 5.74) is 0.586. The van der Waals surface area contributed by atoms with Crippen LogP contribution >= 0.6 is 11.3 Å². The van der Waals surface area contributed by atoms with Crippen LogP contribution in [0.15, 0.2) is 18.2 Å². The quantitative estimate of drug-likeness (QED) is 0.694. The van der Waals surface area contributed by atoms with Gasteiger partial charge in [0.1, 0.15) is 11.2 Å². The molecule has 3 heteroatoms. The Balaban J connectivity index is 2.23. The number of fused-ring (bicyclic) bond motifs is 3. The fraction of sp³-hybridized carbons (Fsp3) is 0.467. The summed E-state index contributed by atoms with van der Waals surface area (Å²) in [6.07, 6.45) is 0. The second-order valence-electron chi connectivity index (χ2n) is 5.94. The zero-order valence-corrected chi connectivity index (χ0v) is 12.3. The largest absolute Gasteiger partial charge is 0.478 e. The Morgan fingerprint density at radius 3 is 2.39 bits per heavy atom. The van der Waals surface area contributed by atoms with Gasteiger partial charge in [0.05, 0.1) is 0 Å². The second-order valence-corrected chi connectivity index (χ2v) is 6.96. The number of thiophene rings is 1. The van der Waals surface area contributed by atoms with Gasteiger partial charge >= 0.3 is 0 Å². The Bertz CT molecular complexity index is 623. The minimum Gasteiger partial charge on any atom is -0.478 e. The summed E-state index contributed by atoms with van der Waals surface area (Å²) >= 11 is 1.66. The average Bonchev–Trinajstić information content (AvgIpc) is 2.55. The average molecular weight is 262 g/mol. The van der Waals surface area contributed by atoms with Gasteiger partial charge in [-0.1, -0.05) is 23.0 Å². The van der Waals surface area contributed by atoms with Crippen LogP contribution in [-0.4, -0.2) is 11.2 Å². The molecule has 1 aromatic heterocycles. The van der Waals surface area contributed by atoms with Crippen molar-refractivity contribution in [2.24, 2.45) is 0 Å². The van der Waals surface area contributed by atoms with Crippen molar-refractivity contribution in [1.82, 2.24) is 0 Å². The summed E-state index contributed by atoms with van der Waals surface area (Å²) in [5, 5.41) is 2.07. The molecule has 3 rings (SSSR count). The third-order valence-electron chi connectivity index (χ3n) is 3.92. The van der Waals surface area contributed by atoms with Crippen molar-refractivity contribution in [2.45, 2.75) is 45.8 Å². The Labute approximate surface area is 112 Å². The van der Waals surface area contributed by atoms with Crippen molar-refractivity contribution in [3.8, 4) is 10.8 Å². The van der Waals surface area contributed by atoms with Gasteiger partial charge in [0, 0.05) is 10.1 Å². The molecule has 1 aliphatic heterocycles. The molecule has 18 heavy (non-hydrogen) atoms. The number of ether oxygens (including phenoxy) is 2. The number of hydrogen-bond acceptors (Lipinski definition) is 3. The van der Waals surface area contributed by atoms with Gasteiger partial charge in [0.25, 0.3) is 0 Å². The van der Waals surface area contributed by atoms with Crippen LogP contribution in [0.2, 0.25) is 0 Å². The summed E-state index contributed by atoms with van der Waals surface area (Å²) in [7, 11) is 0. The van der Waals surface area contributed by atoms with Crippen LogP contribution in [0.5, 0.6) is 10.8 Å². The fourth-order valence-corrected chi connectivity index (χ4v) is 3.15. The highest BCUT2D eigenvalue weighted by Gasteiger charge is 2.47. The highest BCUT2D eigenvalue weighted by atomic mass is 32.1. The molecule has 0 saturated heterocycles. The minimum atomic E-state index is -0.336. The minimum absolute atomic E-state index is 0.323. The van der Waals surface area contributed by atoms with E-state index in [1.807, 2.05) is 0 Å². The lowest BCUT2D eigenvalue weighted by Gasteiger charge is -2.44. The van der Waals surface area contributed by atoms with E-state index in [0.717, 1.165) is 10.8 Å². The molecule has 0 aliphatic carbocycles. The van der Waals surface area contributed by atoms with Crippen molar-refractivity contribution in [3.05, 3.63) is 23.8 Å². The van der Waals surface area contributed by atoms with E-state index in [1.165, 1.54) is 15.6 Å². The first-order valence-corrected chi connectivity index (χ1v) is 7.03. The van der Waals surface area contributed by atoms with E-state index >= 15 is 0 Å². The van der Waals surface area contributed by atoms with Gasteiger partial charge in [0.2, 0.25) is 5.06 Å². The lowest BCUT2D eigenvalue weighted by atomic mass is 9.88. The lowest BCUT2D eigenvalue weighted by molar-refractivity contribution is -0.0951. The van der Waals surface area contributed by atoms with Crippen LogP contribution < -0.4 is 9.47 Å². The summed E-state index contributed by atoms with van der Waals surface area (Å²) < 4.78 is 13.6. The topological polar surface area (TPSA) is 18.5 Å². The van der Waals surface area contributed by atoms with E-state index < -0.39 is 0 Å². The van der Waals surface area contributed by atoms with E-state index in [2.05, 4.69) is 52.8 Å². The molecule has 0 atom stereocenters. The first-order valence-electron chi connectivity index (χ1n) is 6.21. The van der Waals surface area contributed by atoms with Crippen molar-refractivity contribution >= 4 is 21.4 Å². The molecular formula is C15H18O2S. The Hall–Kier alpha value is -1.22. The molecule has 0 bridgehead atoms. The van der Waals surface area contributed by atoms with Gasteiger partial charge in [-0.2, -0.15) is 0 Å². The van der Waals surface area contributed by atoms with Crippen molar-refractivity contribution in [1.29, 1.82) is 0 Å². The molecule has 0 amide bonds. The number of benzene rings is 1. The first-order chi connectivity index (χ1) is 8.30. The van der Waals surface area contributed by atoms with Gasteiger partial charge in [0.15, 0.2) is 5.75 Å². The molecule has 0 fully saturated rings. The lowest BCUT2D eigenvalue weighted by Crippen LogP contribution is -2.55. The van der Waals surface area contributed by atoms with Gasteiger partial charge < -0.3 is 9.47 Å². The normalized spacial score (nSPS) is 20.1. The third kappa shape index (κ3) is 1.53. The Morgan fingerprint density at radius 2 is 1.67 bits per heavy atom. The zero-order chi connectivity index (χ0) is 13.1. The predicted octanol–water partition coefficient (Wildman–Crippen LogP) is 4.54. The summed E-state index contributed by atoms with van der Waals surface area (Å²) in [6, 6.07) is 6.43. The molecular weight excluding hydrogens is 244 g/mol. The molecule has 1 aromatic carbocycles. The number of aryl methyl sites for hydroxylation is 1. The van der Waals surface area contributed by atoms with Crippen LogP contribution in [0.3, 0.4) is 0 Å². The molecule has 1 aliphatic rings. The van der Waals surface area contributed by atoms with E-state index in [-0.39, 0.29) is 11.2 Å². The van der Waals surface area contributed by atoms with Crippen LogP contribution in [0.25, 0.3) is 10.1 Å². The first kappa shape index (κ1) is 11.8. The maximum Gasteiger partial charge on any atom is 0.218 e. The van der Waals surface area contributed by atoms with Crippen molar-refractivity contribution < 1.29 is 9.47 Å². The SMILES string of the molecule is Cc1ccc2sc3c(c2c1)OC(C)(C)C(C)(C)O3. The Kier molecular flexibility index (Phi) is 2.25. The Morgan fingerprint density at radius 1 is 1.00 bits per heavy atom. The second kappa shape index (κ2) is 3.41. The fourth-order valence-electron chi connectivity index (χ4n) is 2.06. The van der Waals surface area contributed by atoms with E-state index in [9.17, 15) is 0 Å². The molecule has 0 radical (unpaired) electrons. The molecule has 0 N–H and O–H groups in total. The third-order valence-corrected chi connectivity index (χ3v) is 4.95. The molecule has 0 spiro atoms. The molecule has 0 saturated carbocycles. The summed E-state index contributed by atoms with van der Waals surface area (Å²) in [4.78, 5) is 0. The summed E-state index contributed by atoms with van der Waals surface area (Å²) in [6.45, 7) is 10.4. The zero-order valence-electron chi connectivity index (χ0n) is 11.5. The van der Waals surface area contributed by atoms with E-state index in [4.69, 9.17) is 9.47 Å². The van der Waals surface area contributed by atoms with Gasteiger partial charge in [-0.05, 0) is 46.8 Å². The maximum atomic E-state index is 6.23. The summed E-state index contributed by atoms with van der Waals surface area (Å²) in [5.74, 6) is 0.906. The van der Waals surface area contributed by atoms with Gasteiger partial charge in [-0.3, -0.25) is 0 Å². The molecule has 96 valence electrons. The molecule has 2 nitrogen and oxygen atoms in total. The number of hydrogen-bond donors (Lipinski definition) is 0. The van der Waals surface area contributed by atoms with Crippen LogP contribution in [-0.2, 0) is 0 Å². The van der Waals surface area contributed by atoms with E-state index in [0.29, 0.717) is 0 Å². The van der Waals surface area contributed by atoms with Gasteiger partial charge in [-0.25, -0.2) is 0 Å². The van der Waals surface area contributed by atoms with Gasteiger partial charge in [-0.15, -0.1) is 0 Å². The highest BCUT2D eigenvalue weighted by molar-refractivity contribution is 7.21. The standard InChI is InChI=1S/C15H18O2S/c1-9-6-7-11-10(8-9)12-13(18-11)17-15(4,5)14(2,3)16-12/h6-8H,1-5H3. The monoisotopic (exact) mass is 262 g/mol. The van der Waals surface area contributed by atoms with Crippen LogP contribution in [0.1, 0.15) is 33.3 Å². The van der Waals surface area contributed by atoms with E-state index in [1.54, 1.807) is 11.3 Å². The highest BCUT2D eigenvalue weighted by Crippen LogP contribution is 2.52. The maximum absolute atomic E-state index is 6.23. The van der Waals surface area contributed by atoms with Crippen molar-refractivity contribution in [3.63, 3.8) is 0 Å². The smallest absolute Gasteiger partial charge is 0.218 e. The molecule has 0 unspecified atom stereocenters. The molecule has 2 heterocycles. The van der Waals surface area contributed by atoms with Crippen molar-refractivity contribution in [2.75, 3.05) is 0 Å². The number of rotatable bonds is 0. The van der Waals surface area contributed by atoms with Crippen LogP contribution in [0, 0.1) is 6.92 Å². The predicted molar refractivity (Wildman–Crippen MR) is 76.0 cm³/mol.